The monoisotopic (exact) mass is 274 g/mol. The Labute approximate surface area is 117 Å². The first-order chi connectivity index (χ1) is 9.06. The van der Waals surface area contributed by atoms with E-state index in [0.29, 0.717) is 6.54 Å². The molecular weight excluding hydrogens is 256 g/mol. The fourth-order valence-electron chi connectivity index (χ4n) is 1.78. The SMILES string of the molecule is Cc1cnc(CCNC(=O)c2ccc(C)c(C)c2)s1. The Bertz CT molecular complexity index is 590. The minimum atomic E-state index is -0.0172. The van der Waals surface area contributed by atoms with Crippen molar-refractivity contribution < 1.29 is 4.79 Å². The Kier molecular flexibility index (Phi) is 4.32. The van der Waals surface area contributed by atoms with Gasteiger partial charge in [0.1, 0.15) is 0 Å². The molecule has 0 saturated carbocycles. The minimum absolute atomic E-state index is 0.0172. The number of benzene rings is 1. The molecule has 0 radical (unpaired) electrons. The van der Waals surface area contributed by atoms with E-state index in [4.69, 9.17) is 0 Å². The molecule has 0 atom stereocenters. The Morgan fingerprint density at radius 1 is 1.26 bits per heavy atom. The molecule has 0 aliphatic heterocycles. The normalized spacial score (nSPS) is 10.5. The topological polar surface area (TPSA) is 42.0 Å². The first-order valence-corrected chi connectivity index (χ1v) is 7.14. The lowest BCUT2D eigenvalue weighted by molar-refractivity contribution is 0.0954. The lowest BCUT2D eigenvalue weighted by Crippen LogP contribution is -2.25. The van der Waals surface area contributed by atoms with E-state index >= 15 is 0 Å². The van der Waals surface area contributed by atoms with E-state index in [1.165, 1.54) is 10.4 Å². The summed E-state index contributed by atoms with van der Waals surface area (Å²) in [5.41, 5.74) is 3.07. The van der Waals surface area contributed by atoms with Gasteiger partial charge < -0.3 is 5.32 Å². The Morgan fingerprint density at radius 2 is 2.05 bits per heavy atom. The molecule has 19 heavy (non-hydrogen) atoms. The van der Waals surface area contributed by atoms with Gasteiger partial charge in [0.15, 0.2) is 0 Å². The van der Waals surface area contributed by atoms with E-state index in [1.54, 1.807) is 11.3 Å². The number of hydrogen-bond acceptors (Lipinski definition) is 3. The number of nitrogens with one attached hydrogen (secondary N) is 1. The van der Waals surface area contributed by atoms with Crippen LogP contribution in [0.3, 0.4) is 0 Å². The molecule has 0 saturated heterocycles. The molecule has 0 bridgehead atoms. The van der Waals surface area contributed by atoms with E-state index in [9.17, 15) is 4.79 Å². The van der Waals surface area contributed by atoms with Crippen LogP contribution in [0.2, 0.25) is 0 Å². The van der Waals surface area contributed by atoms with Crippen LogP contribution in [0.1, 0.15) is 31.4 Å². The quantitative estimate of drug-likeness (QED) is 0.931. The van der Waals surface area contributed by atoms with Gasteiger partial charge in [0.2, 0.25) is 0 Å². The predicted octanol–water partition coefficient (Wildman–Crippen LogP) is 3.04. The maximum absolute atomic E-state index is 12.0. The number of thiazole rings is 1. The first kappa shape index (κ1) is 13.7. The zero-order chi connectivity index (χ0) is 13.8. The maximum atomic E-state index is 12.0. The summed E-state index contributed by atoms with van der Waals surface area (Å²) in [4.78, 5) is 17.5. The Hall–Kier alpha value is -1.68. The van der Waals surface area contributed by atoms with Crippen LogP contribution in [0.15, 0.2) is 24.4 Å². The summed E-state index contributed by atoms with van der Waals surface area (Å²) < 4.78 is 0. The Balaban J connectivity index is 1.89. The van der Waals surface area contributed by atoms with Crippen LogP contribution in [-0.2, 0) is 6.42 Å². The second-order valence-electron chi connectivity index (χ2n) is 4.67. The number of carbonyl (C=O) groups is 1. The summed E-state index contributed by atoms with van der Waals surface area (Å²) >= 11 is 1.68. The number of carbonyl (C=O) groups excluding carboxylic acids is 1. The standard InChI is InChI=1S/C15H18N2OS/c1-10-4-5-13(8-11(10)2)15(18)16-7-6-14-17-9-12(3)19-14/h4-5,8-9H,6-7H2,1-3H3,(H,16,18). The second-order valence-corrected chi connectivity index (χ2v) is 5.99. The van der Waals surface area contributed by atoms with Gasteiger partial charge >= 0.3 is 0 Å². The van der Waals surface area contributed by atoms with Crippen molar-refractivity contribution in [2.75, 3.05) is 6.54 Å². The average Bonchev–Trinajstić information content (AvgIpc) is 2.78. The number of hydrogen-bond donors (Lipinski definition) is 1. The number of amides is 1. The third-order valence-electron chi connectivity index (χ3n) is 3.06. The molecule has 0 aliphatic carbocycles. The molecule has 1 aromatic heterocycles. The summed E-state index contributed by atoms with van der Waals surface area (Å²) in [6.07, 6.45) is 2.65. The third-order valence-corrected chi connectivity index (χ3v) is 4.04. The van der Waals surface area contributed by atoms with Crippen LogP contribution in [0, 0.1) is 20.8 Å². The number of nitrogens with zero attached hydrogens (tertiary/aromatic N) is 1. The molecular formula is C15H18N2OS. The predicted molar refractivity (Wildman–Crippen MR) is 78.8 cm³/mol. The van der Waals surface area contributed by atoms with Crippen molar-refractivity contribution in [3.8, 4) is 0 Å². The summed E-state index contributed by atoms with van der Waals surface area (Å²) in [5, 5.41) is 4.00. The van der Waals surface area contributed by atoms with Crippen molar-refractivity contribution in [1.29, 1.82) is 0 Å². The van der Waals surface area contributed by atoms with Crippen LogP contribution in [0.4, 0.5) is 0 Å². The van der Waals surface area contributed by atoms with Crippen molar-refractivity contribution in [2.24, 2.45) is 0 Å². The van der Waals surface area contributed by atoms with E-state index in [-0.39, 0.29) is 5.91 Å². The third kappa shape index (κ3) is 3.64. The van der Waals surface area contributed by atoms with Crippen molar-refractivity contribution in [1.82, 2.24) is 10.3 Å². The molecule has 100 valence electrons. The molecule has 0 spiro atoms. The van der Waals surface area contributed by atoms with Crippen molar-refractivity contribution >= 4 is 17.2 Å². The van der Waals surface area contributed by atoms with E-state index < -0.39 is 0 Å². The Morgan fingerprint density at radius 3 is 2.68 bits per heavy atom. The van der Waals surface area contributed by atoms with Gasteiger partial charge in [-0.1, -0.05) is 6.07 Å². The van der Waals surface area contributed by atoms with Crippen molar-refractivity contribution in [3.05, 3.63) is 51.0 Å². The zero-order valence-corrected chi connectivity index (χ0v) is 12.3. The summed E-state index contributed by atoms with van der Waals surface area (Å²) in [6.45, 7) is 6.72. The van der Waals surface area contributed by atoms with E-state index in [1.807, 2.05) is 45.2 Å². The molecule has 2 rings (SSSR count). The highest BCUT2D eigenvalue weighted by atomic mass is 32.1. The van der Waals surface area contributed by atoms with Gasteiger partial charge in [0.05, 0.1) is 5.01 Å². The molecule has 1 heterocycles. The molecule has 1 amide bonds. The van der Waals surface area contributed by atoms with Gasteiger partial charge in [0.25, 0.3) is 5.91 Å². The summed E-state index contributed by atoms with van der Waals surface area (Å²) in [6, 6.07) is 5.78. The maximum Gasteiger partial charge on any atom is 0.251 e. The van der Waals surface area contributed by atoms with Gasteiger partial charge in [0, 0.05) is 29.6 Å². The molecule has 1 N–H and O–H groups in total. The fourth-order valence-corrected chi connectivity index (χ4v) is 2.57. The van der Waals surface area contributed by atoms with Crippen LogP contribution in [0.25, 0.3) is 0 Å². The summed E-state index contributed by atoms with van der Waals surface area (Å²) in [5.74, 6) is -0.0172. The summed E-state index contributed by atoms with van der Waals surface area (Å²) in [7, 11) is 0. The van der Waals surface area contributed by atoms with Crippen LogP contribution in [0.5, 0.6) is 0 Å². The van der Waals surface area contributed by atoms with Crippen molar-refractivity contribution in [3.63, 3.8) is 0 Å². The molecule has 0 fully saturated rings. The van der Waals surface area contributed by atoms with Gasteiger partial charge in [-0.3, -0.25) is 4.79 Å². The molecule has 2 aromatic rings. The molecule has 0 aliphatic rings. The molecule has 4 heteroatoms. The lowest BCUT2D eigenvalue weighted by atomic mass is 10.1. The number of aromatic nitrogens is 1. The van der Waals surface area contributed by atoms with Gasteiger partial charge in [-0.05, 0) is 44.0 Å². The minimum Gasteiger partial charge on any atom is -0.352 e. The first-order valence-electron chi connectivity index (χ1n) is 6.33. The van der Waals surface area contributed by atoms with Crippen LogP contribution >= 0.6 is 11.3 Å². The highest BCUT2D eigenvalue weighted by molar-refractivity contribution is 7.11. The van der Waals surface area contributed by atoms with Gasteiger partial charge in [-0.2, -0.15) is 0 Å². The van der Waals surface area contributed by atoms with Crippen LogP contribution < -0.4 is 5.32 Å². The fraction of sp³-hybridized carbons (Fsp3) is 0.333. The highest BCUT2D eigenvalue weighted by Gasteiger charge is 2.06. The largest absolute Gasteiger partial charge is 0.352 e. The number of rotatable bonds is 4. The molecule has 0 unspecified atom stereocenters. The zero-order valence-electron chi connectivity index (χ0n) is 11.5. The molecule has 3 nitrogen and oxygen atoms in total. The van der Waals surface area contributed by atoms with E-state index in [0.717, 1.165) is 22.6 Å². The van der Waals surface area contributed by atoms with Gasteiger partial charge in [-0.15, -0.1) is 11.3 Å². The average molecular weight is 274 g/mol. The van der Waals surface area contributed by atoms with E-state index in [2.05, 4.69) is 10.3 Å². The van der Waals surface area contributed by atoms with Gasteiger partial charge in [-0.25, -0.2) is 4.98 Å². The smallest absolute Gasteiger partial charge is 0.251 e. The van der Waals surface area contributed by atoms with Crippen molar-refractivity contribution in [2.45, 2.75) is 27.2 Å². The second kappa shape index (κ2) is 5.97. The number of aryl methyl sites for hydroxylation is 3. The van der Waals surface area contributed by atoms with Crippen LogP contribution in [-0.4, -0.2) is 17.4 Å². The molecule has 1 aromatic carbocycles. The lowest BCUT2D eigenvalue weighted by Gasteiger charge is -2.06. The highest BCUT2D eigenvalue weighted by Crippen LogP contribution is 2.12.